The number of methoxy groups -OCH3 is 3. The summed E-state index contributed by atoms with van der Waals surface area (Å²) in [5, 5.41) is 2.75. The summed E-state index contributed by atoms with van der Waals surface area (Å²) in [4.78, 5) is 12.1. The first-order chi connectivity index (χ1) is 11.6. The van der Waals surface area contributed by atoms with Gasteiger partial charge in [-0.15, -0.1) is 0 Å². The van der Waals surface area contributed by atoms with Gasteiger partial charge in [-0.2, -0.15) is 0 Å². The van der Waals surface area contributed by atoms with Crippen LogP contribution in [0.5, 0.6) is 17.2 Å². The zero-order valence-corrected chi connectivity index (χ0v) is 13.8. The van der Waals surface area contributed by atoms with Gasteiger partial charge in [0.2, 0.25) is 5.91 Å². The van der Waals surface area contributed by atoms with Crippen molar-refractivity contribution in [3.05, 3.63) is 48.0 Å². The number of amides is 1. The SMILES string of the molecule is COc1cc(N)ccc1NC(=O)/C=C/c1ccc(OC)c(OC)c1. The number of rotatable bonds is 6. The highest BCUT2D eigenvalue weighted by Crippen LogP contribution is 2.28. The number of nitrogen functional groups attached to an aromatic ring is 1. The van der Waals surface area contributed by atoms with Crippen molar-refractivity contribution in [2.24, 2.45) is 0 Å². The van der Waals surface area contributed by atoms with Crippen molar-refractivity contribution >= 4 is 23.4 Å². The number of nitrogens with two attached hydrogens (primary N) is 1. The van der Waals surface area contributed by atoms with Gasteiger partial charge in [-0.1, -0.05) is 6.07 Å². The van der Waals surface area contributed by atoms with Crippen LogP contribution < -0.4 is 25.3 Å². The van der Waals surface area contributed by atoms with Crippen molar-refractivity contribution in [3.8, 4) is 17.2 Å². The maximum atomic E-state index is 12.1. The molecule has 6 nitrogen and oxygen atoms in total. The van der Waals surface area contributed by atoms with E-state index in [9.17, 15) is 4.79 Å². The second kappa shape index (κ2) is 7.92. The molecule has 0 heterocycles. The Morgan fingerprint density at radius 1 is 0.958 bits per heavy atom. The lowest BCUT2D eigenvalue weighted by Crippen LogP contribution is -2.09. The minimum atomic E-state index is -0.284. The van der Waals surface area contributed by atoms with Gasteiger partial charge in [0.05, 0.1) is 27.0 Å². The van der Waals surface area contributed by atoms with Crippen molar-refractivity contribution in [3.63, 3.8) is 0 Å². The van der Waals surface area contributed by atoms with E-state index < -0.39 is 0 Å². The topological polar surface area (TPSA) is 82.8 Å². The Labute approximate surface area is 140 Å². The number of hydrogen-bond donors (Lipinski definition) is 2. The molecule has 6 heteroatoms. The predicted octanol–water partition coefficient (Wildman–Crippen LogP) is 2.95. The van der Waals surface area contributed by atoms with Crippen LogP contribution in [0, 0.1) is 0 Å². The maximum Gasteiger partial charge on any atom is 0.248 e. The van der Waals surface area contributed by atoms with Crippen LogP contribution in [0.15, 0.2) is 42.5 Å². The number of hydrogen-bond acceptors (Lipinski definition) is 5. The fourth-order valence-corrected chi connectivity index (χ4v) is 2.11. The summed E-state index contributed by atoms with van der Waals surface area (Å²) in [6, 6.07) is 10.4. The quantitative estimate of drug-likeness (QED) is 0.629. The molecule has 1 amide bonds. The van der Waals surface area contributed by atoms with Crippen LogP contribution in [0.2, 0.25) is 0 Å². The minimum absolute atomic E-state index is 0.284. The molecule has 0 saturated heterocycles. The third kappa shape index (κ3) is 4.19. The van der Waals surface area contributed by atoms with E-state index in [0.29, 0.717) is 28.6 Å². The van der Waals surface area contributed by atoms with E-state index in [1.54, 1.807) is 50.6 Å². The first kappa shape index (κ1) is 17.2. The molecule has 0 radical (unpaired) electrons. The standard InChI is InChI=1S/C18H20N2O4/c1-22-15-8-4-12(10-17(15)24-3)5-9-18(21)20-14-7-6-13(19)11-16(14)23-2/h4-11H,19H2,1-3H3,(H,20,21)/b9-5+. The van der Waals surface area contributed by atoms with Gasteiger partial charge in [0, 0.05) is 17.8 Å². The maximum absolute atomic E-state index is 12.1. The lowest BCUT2D eigenvalue weighted by Gasteiger charge is -2.09. The van der Waals surface area contributed by atoms with Crippen LogP contribution in [-0.2, 0) is 4.79 Å². The summed E-state index contributed by atoms with van der Waals surface area (Å²) in [5.41, 5.74) is 7.61. The van der Waals surface area contributed by atoms with Crippen LogP contribution in [0.25, 0.3) is 6.08 Å². The van der Waals surface area contributed by atoms with Gasteiger partial charge >= 0.3 is 0 Å². The molecule has 0 aromatic heterocycles. The van der Waals surface area contributed by atoms with Crippen LogP contribution in [0.1, 0.15) is 5.56 Å². The van der Waals surface area contributed by atoms with Crippen LogP contribution >= 0.6 is 0 Å². The molecule has 3 N–H and O–H groups in total. The van der Waals surface area contributed by atoms with Crippen molar-refractivity contribution in [2.45, 2.75) is 0 Å². The molecule has 0 aliphatic carbocycles. The first-order valence-electron chi connectivity index (χ1n) is 7.22. The smallest absolute Gasteiger partial charge is 0.248 e. The number of nitrogens with one attached hydrogen (secondary N) is 1. The number of anilines is 2. The Balaban J connectivity index is 2.11. The predicted molar refractivity (Wildman–Crippen MR) is 94.6 cm³/mol. The van der Waals surface area contributed by atoms with E-state index in [1.165, 1.54) is 13.2 Å². The molecule has 0 unspecified atom stereocenters. The zero-order chi connectivity index (χ0) is 17.5. The summed E-state index contributed by atoms with van der Waals surface area (Å²) >= 11 is 0. The molecule has 126 valence electrons. The van der Waals surface area contributed by atoms with E-state index >= 15 is 0 Å². The molecular weight excluding hydrogens is 308 g/mol. The Hall–Kier alpha value is -3.15. The second-order valence-electron chi connectivity index (χ2n) is 4.90. The molecule has 0 saturated carbocycles. The molecule has 2 aromatic carbocycles. The fourth-order valence-electron chi connectivity index (χ4n) is 2.11. The van der Waals surface area contributed by atoms with Crippen molar-refractivity contribution in [1.29, 1.82) is 0 Å². The van der Waals surface area contributed by atoms with Gasteiger partial charge in [0.15, 0.2) is 11.5 Å². The number of carbonyl (C=O) groups is 1. The molecule has 0 spiro atoms. The lowest BCUT2D eigenvalue weighted by atomic mass is 10.2. The Morgan fingerprint density at radius 3 is 2.33 bits per heavy atom. The Kier molecular flexibility index (Phi) is 5.68. The van der Waals surface area contributed by atoms with Gasteiger partial charge in [-0.3, -0.25) is 4.79 Å². The van der Waals surface area contributed by atoms with Crippen molar-refractivity contribution in [2.75, 3.05) is 32.4 Å². The highest BCUT2D eigenvalue weighted by Gasteiger charge is 2.06. The molecule has 0 bridgehead atoms. The average Bonchev–Trinajstić information content (AvgIpc) is 2.61. The third-order valence-corrected chi connectivity index (χ3v) is 3.32. The van der Waals surface area contributed by atoms with Crippen molar-refractivity contribution in [1.82, 2.24) is 0 Å². The van der Waals surface area contributed by atoms with E-state index in [0.717, 1.165) is 5.56 Å². The molecular formula is C18H20N2O4. The monoisotopic (exact) mass is 328 g/mol. The fraction of sp³-hybridized carbons (Fsp3) is 0.167. The van der Waals surface area contributed by atoms with Gasteiger partial charge in [-0.05, 0) is 35.9 Å². The van der Waals surface area contributed by atoms with Crippen molar-refractivity contribution < 1.29 is 19.0 Å². The van der Waals surface area contributed by atoms with Gasteiger partial charge in [-0.25, -0.2) is 0 Å². The Bertz CT molecular complexity index is 757. The highest BCUT2D eigenvalue weighted by atomic mass is 16.5. The third-order valence-electron chi connectivity index (χ3n) is 3.32. The van der Waals surface area contributed by atoms with E-state index in [4.69, 9.17) is 19.9 Å². The van der Waals surface area contributed by atoms with E-state index in [1.807, 2.05) is 6.07 Å². The number of carbonyl (C=O) groups excluding carboxylic acids is 1. The lowest BCUT2D eigenvalue weighted by molar-refractivity contribution is -0.111. The minimum Gasteiger partial charge on any atom is -0.494 e. The van der Waals surface area contributed by atoms with Crippen LogP contribution in [0.3, 0.4) is 0 Å². The summed E-state index contributed by atoms with van der Waals surface area (Å²) in [6.45, 7) is 0. The zero-order valence-electron chi connectivity index (χ0n) is 13.8. The Morgan fingerprint density at radius 2 is 1.67 bits per heavy atom. The summed E-state index contributed by atoms with van der Waals surface area (Å²) in [5.74, 6) is 1.45. The largest absolute Gasteiger partial charge is 0.494 e. The van der Waals surface area contributed by atoms with Crippen LogP contribution in [-0.4, -0.2) is 27.2 Å². The summed E-state index contributed by atoms with van der Waals surface area (Å²) in [7, 11) is 4.65. The molecule has 24 heavy (non-hydrogen) atoms. The molecule has 2 rings (SSSR count). The van der Waals surface area contributed by atoms with Gasteiger partial charge in [0.25, 0.3) is 0 Å². The van der Waals surface area contributed by atoms with Crippen LogP contribution in [0.4, 0.5) is 11.4 Å². The number of ether oxygens (including phenoxy) is 3. The molecule has 0 aliphatic heterocycles. The highest BCUT2D eigenvalue weighted by molar-refractivity contribution is 6.02. The molecule has 2 aromatic rings. The van der Waals surface area contributed by atoms with E-state index in [-0.39, 0.29) is 5.91 Å². The molecule has 0 fully saturated rings. The summed E-state index contributed by atoms with van der Waals surface area (Å²) < 4.78 is 15.6. The first-order valence-corrected chi connectivity index (χ1v) is 7.22. The second-order valence-corrected chi connectivity index (χ2v) is 4.90. The normalized spacial score (nSPS) is 10.5. The molecule has 0 aliphatic rings. The molecule has 0 atom stereocenters. The van der Waals surface area contributed by atoms with Gasteiger partial charge in [0.1, 0.15) is 5.75 Å². The summed E-state index contributed by atoms with van der Waals surface area (Å²) in [6.07, 6.45) is 3.11. The number of benzene rings is 2. The van der Waals surface area contributed by atoms with E-state index in [2.05, 4.69) is 5.32 Å². The van der Waals surface area contributed by atoms with Gasteiger partial charge < -0.3 is 25.3 Å². The average molecular weight is 328 g/mol.